The second-order valence-electron chi connectivity index (χ2n) is 6.44. The normalized spacial score (nSPS) is 16.8. The number of ether oxygens (including phenoxy) is 2. The molecule has 1 saturated heterocycles. The largest absolute Gasteiger partial charge is 0.379 e. The molecule has 2 aromatic rings. The van der Waals surface area contributed by atoms with E-state index in [1.165, 1.54) is 0 Å². The lowest BCUT2D eigenvalue weighted by molar-refractivity contribution is -0.121. The number of fused-ring (bicyclic) bond motifs is 1. The van der Waals surface area contributed by atoms with Crippen LogP contribution in [-0.2, 0) is 20.7 Å². The lowest BCUT2D eigenvalue weighted by Crippen LogP contribution is -2.26. The van der Waals surface area contributed by atoms with E-state index < -0.39 is 0 Å². The van der Waals surface area contributed by atoms with Crippen LogP contribution in [0.4, 0.5) is 0 Å². The van der Waals surface area contributed by atoms with Crippen molar-refractivity contribution in [2.24, 2.45) is 0 Å². The van der Waals surface area contributed by atoms with Crippen molar-refractivity contribution < 1.29 is 14.3 Å². The Labute approximate surface area is 152 Å². The van der Waals surface area contributed by atoms with Gasteiger partial charge in [-0.25, -0.2) is 4.98 Å². The standard InChI is InChI=1S/C19H25N3O4/c23-18(20-10-4-11-25-13-14-5-3-12-26-14)9-8-17-21-16-7-2-1-6-15(16)19(24)22-17/h1-2,6-7,14H,3-5,8-13H2,(H,20,23)(H,21,22,24). The van der Waals surface area contributed by atoms with Gasteiger partial charge in [-0.05, 0) is 31.4 Å². The molecule has 7 nitrogen and oxygen atoms in total. The first-order chi connectivity index (χ1) is 12.7. The van der Waals surface area contributed by atoms with E-state index in [1.54, 1.807) is 18.2 Å². The number of nitrogens with zero attached hydrogens (tertiary/aromatic N) is 1. The first kappa shape index (κ1) is 18.5. The molecule has 0 bridgehead atoms. The Morgan fingerprint density at radius 3 is 3.12 bits per heavy atom. The van der Waals surface area contributed by atoms with E-state index in [0.717, 1.165) is 25.9 Å². The molecule has 1 aliphatic rings. The zero-order valence-electron chi connectivity index (χ0n) is 14.8. The minimum atomic E-state index is -0.172. The van der Waals surface area contributed by atoms with Crippen LogP contribution in [-0.4, -0.2) is 48.3 Å². The zero-order valence-corrected chi connectivity index (χ0v) is 14.8. The number of benzene rings is 1. The highest BCUT2D eigenvalue weighted by molar-refractivity contribution is 5.78. The van der Waals surface area contributed by atoms with Crippen LogP contribution in [0.3, 0.4) is 0 Å². The molecular formula is C19H25N3O4. The maximum absolute atomic E-state index is 12.0. The minimum Gasteiger partial charge on any atom is -0.379 e. The van der Waals surface area contributed by atoms with E-state index in [-0.39, 0.29) is 24.0 Å². The van der Waals surface area contributed by atoms with Gasteiger partial charge < -0.3 is 19.8 Å². The van der Waals surface area contributed by atoms with Gasteiger partial charge in [-0.15, -0.1) is 0 Å². The fourth-order valence-corrected chi connectivity index (χ4v) is 2.97. The summed E-state index contributed by atoms with van der Waals surface area (Å²) in [5, 5.41) is 3.42. The molecule has 0 saturated carbocycles. The van der Waals surface area contributed by atoms with Gasteiger partial charge in [0.15, 0.2) is 0 Å². The van der Waals surface area contributed by atoms with Crippen molar-refractivity contribution in [2.75, 3.05) is 26.4 Å². The third kappa shape index (κ3) is 5.37. The summed E-state index contributed by atoms with van der Waals surface area (Å²) in [4.78, 5) is 31.0. The van der Waals surface area contributed by atoms with Gasteiger partial charge in [-0.1, -0.05) is 12.1 Å². The summed E-state index contributed by atoms with van der Waals surface area (Å²) in [6.45, 7) is 2.65. The maximum Gasteiger partial charge on any atom is 0.258 e. The summed E-state index contributed by atoms with van der Waals surface area (Å²) in [6.07, 6.45) is 3.88. The summed E-state index contributed by atoms with van der Waals surface area (Å²) >= 11 is 0. The van der Waals surface area contributed by atoms with Gasteiger partial charge in [-0.3, -0.25) is 9.59 Å². The van der Waals surface area contributed by atoms with E-state index >= 15 is 0 Å². The highest BCUT2D eigenvalue weighted by Crippen LogP contribution is 2.11. The van der Waals surface area contributed by atoms with E-state index in [0.29, 0.717) is 42.9 Å². The van der Waals surface area contributed by atoms with E-state index in [2.05, 4.69) is 15.3 Å². The number of amides is 1. The number of nitrogens with one attached hydrogen (secondary N) is 2. The summed E-state index contributed by atoms with van der Waals surface area (Å²) in [6, 6.07) is 7.17. The number of aromatic nitrogens is 2. The fraction of sp³-hybridized carbons (Fsp3) is 0.526. The van der Waals surface area contributed by atoms with Crippen molar-refractivity contribution in [3.8, 4) is 0 Å². The first-order valence-electron chi connectivity index (χ1n) is 9.16. The second-order valence-corrected chi connectivity index (χ2v) is 6.44. The van der Waals surface area contributed by atoms with Gasteiger partial charge in [0.25, 0.3) is 5.56 Å². The average molecular weight is 359 g/mol. The van der Waals surface area contributed by atoms with E-state index in [1.807, 2.05) is 6.07 Å². The van der Waals surface area contributed by atoms with Crippen molar-refractivity contribution in [1.29, 1.82) is 0 Å². The number of para-hydroxylation sites is 1. The smallest absolute Gasteiger partial charge is 0.258 e. The molecule has 1 aromatic carbocycles. The van der Waals surface area contributed by atoms with Crippen molar-refractivity contribution >= 4 is 16.8 Å². The summed E-state index contributed by atoms with van der Waals surface area (Å²) in [5.41, 5.74) is 0.476. The van der Waals surface area contributed by atoms with Crippen molar-refractivity contribution in [1.82, 2.24) is 15.3 Å². The Hall–Kier alpha value is -2.25. The number of aryl methyl sites for hydroxylation is 1. The Morgan fingerprint density at radius 2 is 2.27 bits per heavy atom. The number of carbonyl (C=O) groups excluding carboxylic acids is 1. The Balaban J connectivity index is 1.33. The topological polar surface area (TPSA) is 93.3 Å². The zero-order chi connectivity index (χ0) is 18.2. The fourth-order valence-electron chi connectivity index (χ4n) is 2.97. The number of rotatable bonds is 9. The molecule has 1 aliphatic heterocycles. The molecule has 1 unspecified atom stereocenters. The predicted octanol–water partition coefficient (Wildman–Crippen LogP) is 1.56. The van der Waals surface area contributed by atoms with Crippen LogP contribution in [0.2, 0.25) is 0 Å². The van der Waals surface area contributed by atoms with Gasteiger partial charge in [0.2, 0.25) is 5.91 Å². The van der Waals surface area contributed by atoms with E-state index in [9.17, 15) is 9.59 Å². The van der Waals surface area contributed by atoms with Crippen LogP contribution >= 0.6 is 0 Å². The lowest BCUT2D eigenvalue weighted by Gasteiger charge is -2.10. The number of H-pyrrole nitrogens is 1. The SMILES string of the molecule is O=C(CCc1nc2ccccc2c(=O)[nH]1)NCCCOCC1CCCO1. The van der Waals surface area contributed by atoms with Gasteiger partial charge >= 0.3 is 0 Å². The third-order valence-corrected chi connectivity index (χ3v) is 4.37. The molecule has 7 heteroatoms. The van der Waals surface area contributed by atoms with Gasteiger partial charge in [-0.2, -0.15) is 0 Å². The molecule has 1 atom stereocenters. The minimum absolute atomic E-state index is 0.0556. The molecule has 140 valence electrons. The Bertz CT molecular complexity index is 784. The van der Waals surface area contributed by atoms with Crippen molar-refractivity contribution in [3.05, 3.63) is 40.4 Å². The molecule has 1 amide bonds. The molecule has 1 aromatic heterocycles. The molecule has 3 rings (SSSR count). The number of hydrogen-bond donors (Lipinski definition) is 2. The number of hydrogen-bond acceptors (Lipinski definition) is 5. The van der Waals surface area contributed by atoms with Crippen LogP contribution in [0, 0.1) is 0 Å². The molecule has 26 heavy (non-hydrogen) atoms. The highest BCUT2D eigenvalue weighted by atomic mass is 16.5. The maximum atomic E-state index is 12.0. The summed E-state index contributed by atoms with van der Waals surface area (Å²) in [7, 11) is 0. The van der Waals surface area contributed by atoms with Crippen LogP contribution in [0.5, 0.6) is 0 Å². The van der Waals surface area contributed by atoms with Crippen LogP contribution in [0.1, 0.15) is 31.5 Å². The molecule has 0 spiro atoms. The summed E-state index contributed by atoms with van der Waals surface area (Å²) < 4.78 is 11.0. The molecule has 0 aliphatic carbocycles. The second kappa shape index (κ2) is 9.45. The molecule has 0 radical (unpaired) electrons. The Kier molecular flexibility index (Phi) is 6.74. The first-order valence-corrected chi connectivity index (χ1v) is 9.16. The molecule has 2 heterocycles. The quantitative estimate of drug-likeness (QED) is 0.663. The van der Waals surface area contributed by atoms with Crippen molar-refractivity contribution in [3.63, 3.8) is 0 Å². The predicted molar refractivity (Wildman–Crippen MR) is 98.1 cm³/mol. The average Bonchev–Trinajstić information content (AvgIpc) is 3.16. The molecular weight excluding hydrogens is 334 g/mol. The Morgan fingerprint density at radius 1 is 1.38 bits per heavy atom. The van der Waals surface area contributed by atoms with Gasteiger partial charge in [0.05, 0.1) is 23.6 Å². The third-order valence-electron chi connectivity index (χ3n) is 4.37. The van der Waals surface area contributed by atoms with E-state index in [4.69, 9.17) is 9.47 Å². The number of aromatic amines is 1. The molecule has 1 fully saturated rings. The van der Waals surface area contributed by atoms with Gasteiger partial charge in [0, 0.05) is 32.6 Å². The summed E-state index contributed by atoms with van der Waals surface area (Å²) in [5.74, 6) is 0.476. The monoisotopic (exact) mass is 359 g/mol. The van der Waals surface area contributed by atoms with Gasteiger partial charge in [0.1, 0.15) is 5.82 Å². The van der Waals surface area contributed by atoms with Crippen LogP contribution in [0.15, 0.2) is 29.1 Å². The lowest BCUT2D eigenvalue weighted by atomic mass is 10.2. The molecule has 2 N–H and O–H groups in total. The highest BCUT2D eigenvalue weighted by Gasteiger charge is 2.14. The number of carbonyl (C=O) groups is 1. The van der Waals surface area contributed by atoms with Crippen molar-refractivity contribution in [2.45, 2.75) is 38.2 Å². The van der Waals surface area contributed by atoms with Crippen LogP contribution < -0.4 is 10.9 Å². The van der Waals surface area contributed by atoms with Crippen LogP contribution in [0.25, 0.3) is 10.9 Å².